The normalized spacial score (nSPS) is 14.7. The van der Waals surface area contributed by atoms with E-state index in [9.17, 15) is 4.79 Å². The van der Waals surface area contributed by atoms with Gasteiger partial charge in [0.15, 0.2) is 0 Å². The summed E-state index contributed by atoms with van der Waals surface area (Å²) in [4.78, 5) is 20.5. The summed E-state index contributed by atoms with van der Waals surface area (Å²) in [6, 6.07) is 11.4. The second-order valence-electron chi connectivity index (χ2n) is 8.21. The molecule has 6 nitrogen and oxygen atoms in total. The number of ether oxygens (including phenoxy) is 2. The summed E-state index contributed by atoms with van der Waals surface area (Å²) >= 11 is 0. The predicted molar refractivity (Wildman–Crippen MR) is 124 cm³/mol. The number of rotatable bonds is 7. The van der Waals surface area contributed by atoms with Crippen molar-refractivity contribution >= 4 is 10.9 Å². The molecule has 1 fully saturated rings. The number of aryl methyl sites for hydroxylation is 2. The first-order valence-electron chi connectivity index (χ1n) is 11.1. The summed E-state index contributed by atoms with van der Waals surface area (Å²) in [6.45, 7) is 7.92. The minimum absolute atomic E-state index is 0.0888. The molecule has 0 saturated carbocycles. The van der Waals surface area contributed by atoms with Gasteiger partial charge in [0.25, 0.3) is 5.56 Å². The van der Waals surface area contributed by atoms with Gasteiger partial charge in [0, 0.05) is 12.6 Å². The molecule has 164 valence electrons. The second kappa shape index (κ2) is 9.52. The summed E-state index contributed by atoms with van der Waals surface area (Å²) in [7, 11) is 1.61. The molecule has 0 amide bonds. The zero-order chi connectivity index (χ0) is 21.8. The summed E-state index contributed by atoms with van der Waals surface area (Å²) in [5.74, 6) is 1.96. The molecule has 1 aliphatic heterocycles. The largest absolute Gasteiger partial charge is 0.494 e. The summed E-state index contributed by atoms with van der Waals surface area (Å²) in [5, 5.41) is 0.633. The van der Waals surface area contributed by atoms with Gasteiger partial charge in [-0.15, -0.1) is 0 Å². The standard InChI is InChI=1S/C25H31N3O3/c1-18-9-7-10-21-24(18)25(29)28(19(2)26-21)22-12-11-20(17-23(22)30-3)31-16-8-15-27-13-5-4-6-14-27/h7,9-12,17H,4-6,8,13-16H2,1-3H3. The van der Waals surface area contributed by atoms with E-state index >= 15 is 0 Å². The van der Waals surface area contributed by atoms with Crippen molar-refractivity contribution in [3.63, 3.8) is 0 Å². The van der Waals surface area contributed by atoms with Crippen LogP contribution in [-0.4, -0.2) is 47.8 Å². The number of nitrogens with zero attached hydrogens (tertiary/aromatic N) is 3. The fraction of sp³-hybridized carbons (Fsp3) is 0.440. The first-order chi connectivity index (χ1) is 15.1. The fourth-order valence-corrected chi connectivity index (χ4v) is 4.38. The Bertz CT molecular complexity index is 1120. The van der Waals surface area contributed by atoms with E-state index < -0.39 is 0 Å². The molecule has 6 heteroatoms. The van der Waals surface area contributed by atoms with Crippen LogP contribution in [0.1, 0.15) is 37.1 Å². The molecule has 0 N–H and O–H groups in total. The molecular weight excluding hydrogens is 390 g/mol. The first kappa shape index (κ1) is 21.4. The monoisotopic (exact) mass is 421 g/mol. The zero-order valence-electron chi connectivity index (χ0n) is 18.7. The summed E-state index contributed by atoms with van der Waals surface area (Å²) in [6.07, 6.45) is 4.97. The highest BCUT2D eigenvalue weighted by molar-refractivity contribution is 5.81. The molecule has 0 bridgehead atoms. The Hall–Kier alpha value is -2.86. The predicted octanol–water partition coefficient (Wildman–Crippen LogP) is 4.27. The maximum atomic E-state index is 13.3. The molecule has 1 aromatic heterocycles. The van der Waals surface area contributed by atoms with E-state index in [0.717, 1.165) is 24.3 Å². The van der Waals surface area contributed by atoms with Gasteiger partial charge in [0.05, 0.1) is 30.3 Å². The van der Waals surface area contributed by atoms with Crippen LogP contribution in [0.2, 0.25) is 0 Å². The Morgan fingerprint density at radius 3 is 2.65 bits per heavy atom. The van der Waals surface area contributed by atoms with E-state index in [1.165, 1.54) is 32.4 Å². The number of aromatic nitrogens is 2. The highest BCUT2D eigenvalue weighted by Gasteiger charge is 2.16. The van der Waals surface area contributed by atoms with Crippen molar-refractivity contribution in [3.8, 4) is 17.2 Å². The third-order valence-corrected chi connectivity index (χ3v) is 6.00. The molecule has 0 radical (unpaired) electrons. The Labute approximate surface area is 183 Å². The Kier molecular flexibility index (Phi) is 6.56. The van der Waals surface area contributed by atoms with Gasteiger partial charge in [-0.3, -0.25) is 9.36 Å². The molecule has 2 aromatic carbocycles. The molecule has 31 heavy (non-hydrogen) atoms. The molecular formula is C25H31N3O3. The van der Waals surface area contributed by atoms with Gasteiger partial charge >= 0.3 is 0 Å². The number of hydrogen-bond donors (Lipinski definition) is 0. The van der Waals surface area contributed by atoms with Crippen LogP contribution in [0.15, 0.2) is 41.2 Å². The van der Waals surface area contributed by atoms with Crippen LogP contribution in [-0.2, 0) is 0 Å². The van der Waals surface area contributed by atoms with Gasteiger partial charge < -0.3 is 14.4 Å². The van der Waals surface area contributed by atoms with E-state index in [-0.39, 0.29) is 5.56 Å². The van der Waals surface area contributed by atoms with Gasteiger partial charge in [-0.2, -0.15) is 0 Å². The average molecular weight is 422 g/mol. The van der Waals surface area contributed by atoms with Gasteiger partial charge in [0.1, 0.15) is 17.3 Å². The molecule has 1 aliphatic rings. The number of fused-ring (bicyclic) bond motifs is 1. The Balaban J connectivity index is 1.55. The van der Waals surface area contributed by atoms with Crippen molar-refractivity contribution in [2.24, 2.45) is 0 Å². The number of hydrogen-bond acceptors (Lipinski definition) is 5. The van der Waals surface area contributed by atoms with E-state index in [4.69, 9.17) is 9.47 Å². The summed E-state index contributed by atoms with van der Waals surface area (Å²) in [5.41, 5.74) is 2.21. The van der Waals surface area contributed by atoms with E-state index in [1.54, 1.807) is 11.7 Å². The maximum absolute atomic E-state index is 13.3. The molecule has 1 saturated heterocycles. The minimum Gasteiger partial charge on any atom is -0.494 e. The quantitative estimate of drug-likeness (QED) is 0.534. The molecule has 0 atom stereocenters. The topological polar surface area (TPSA) is 56.6 Å². The van der Waals surface area contributed by atoms with Gasteiger partial charge in [0.2, 0.25) is 0 Å². The number of methoxy groups -OCH3 is 1. The first-order valence-corrected chi connectivity index (χ1v) is 11.1. The molecule has 4 rings (SSSR count). The smallest absolute Gasteiger partial charge is 0.266 e. The van der Waals surface area contributed by atoms with Crippen molar-refractivity contribution in [2.75, 3.05) is 33.4 Å². The lowest BCUT2D eigenvalue weighted by molar-refractivity contribution is 0.205. The average Bonchev–Trinajstić information content (AvgIpc) is 2.78. The Morgan fingerprint density at radius 2 is 1.87 bits per heavy atom. The second-order valence-corrected chi connectivity index (χ2v) is 8.21. The van der Waals surface area contributed by atoms with Crippen molar-refractivity contribution < 1.29 is 9.47 Å². The van der Waals surface area contributed by atoms with Crippen LogP contribution >= 0.6 is 0 Å². The lowest BCUT2D eigenvalue weighted by atomic mass is 10.1. The number of benzene rings is 2. The lowest BCUT2D eigenvalue weighted by Gasteiger charge is -2.26. The number of likely N-dealkylation sites (tertiary alicyclic amines) is 1. The molecule has 0 unspecified atom stereocenters. The van der Waals surface area contributed by atoms with Crippen molar-refractivity contribution in [2.45, 2.75) is 39.5 Å². The third kappa shape index (κ3) is 4.59. The lowest BCUT2D eigenvalue weighted by Crippen LogP contribution is -2.31. The van der Waals surface area contributed by atoms with Gasteiger partial charge in [-0.25, -0.2) is 4.98 Å². The van der Waals surface area contributed by atoms with Crippen molar-refractivity contribution in [3.05, 3.63) is 58.1 Å². The highest BCUT2D eigenvalue weighted by Crippen LogP contribution is 2.28. The summed E-state index contributed by atoms with van der Waals surface area (Å²) < 4.78 is 13.2. The fourth-order valence-electron chi connectivity index (χ4n) is 4.38. The van der Waals surface area contributed by atoms with Crippen LogP contribution in [0, 0.1) is 13.8 Å². The van der Waals surface area contributed by atoms with Crippen LogP contribution in [0.25, 0.3) is 16.6 Å². The minimum atomic E-state index is -0.0888. The molecule has 2 heterocycles. The number of piperidine rings is 1. The maximum Gasteiger partial charge on any atom is 0.266 e. The molecule has 0 aliphatic carbocycles. The van der Waals surface area contributed by atoms with E-state index in [0.29, 0.717) is 34.8 Å². The third-order valence-electron chi connectivity index (χ3n) is 6.00. The van der Waals surface area contributed by atoms with Gasteiger partial charge in [-0.05, 0) is 70.0 Å². The molecule has 3 aromatic rings. The zero-order valence-corrected chi connectivity index (χ0v) is 18.7. The van der Waals surface area contributed by atoms with Crippen LogP contribution < -0.4 is 15.0 Å². The van der Waals surface area contributed by atoms with E-state index in [2.05, 4.69) is 9.88 Å². The highest BCUT2D eigenvalue weighted by atomic mass is 16.5. The van der Waals surface area contributed by atoms with Crippen LogP contribution in [0.5, 0.6) is 11.5 Å². The van der Waals surface area contributed by atoms with Gasteiger partial charge in [-0.1, -0.05) is 18.6 Å². The van der Waals surface area contributed by atoms with Crippen molar-refractivity contribution in [1.82, 2.24) is 14.5 Å². The van der Waals surface area contributed by atoms with E-state index in [1.807, 2.05) is 50.2 Å². The Morgan fingerprint density at radius 1 is 1.06 bits per heavy atom. The van der Waals surface area contributed by atoms with Crippen LogP contribution in [0.4, 0.5) is 0 Å². The van der Waals surface area contributed by atoms with Crippen molar-refractivity contribution in [1.29, 1.82) is 0 Å². The molecule has 0 spiro atoms. The SMILES string of the molecule is COc1cc(OCCCN2CCCCC2)ccc1-n1c(C)nc2cccc(C)c2c1=O. The van der Waals surface area contributed by atoms with Crippen LogP contribution in [0.3, 0.4) is 0 Å².